The van der Waals surface area contributed by atoms with Gasteiger partial charge in [0.15, 0.2) is 5.16 Å². The third kappa shape index (κ3) is 3.56. The Morgan fingerprint density at radius 1 is 1.35 bits per heavy atom. The van der Waals surface area contributed by atoms with Crippen LogP contribution in [-0.2, 0) is 0 Å². The summed E-state index contributed by atoms with van der Waals surface area (Å²) in [5.41, 5.74) is 5.19. The monoisotopic (exact) mass is 331 g/mol. The Hall–Kier alpha value is -1.44. The average molecular weight is 332 g/mol. The van der Waals surface area contributed by atoms with E-state index < -0.39 is 0 Å². The molecule has 0 aliphatic heterocycles. The van der Waals surface area contributed by atoms with Crippen LogP contribution in [0.4, 0.5) is 11.6 Å². The molecule has 4 N–H and O–H groups in total. The summed E-state index contributed by atoms with van der Waals surface area (Å²) in [6, 6.07) is 2.78. The van der Waals surface area contributed by atoms with Gasteiger partial charge < -0.3 is 16.0 Å². The van der Waals surface area contributed by atoms with Crippen molar-refractivity contribution in [2.45, 2.75) is 17.1 Å². The number of rotatable bonds is 4. The van der Waals surface area contributed by atoms with E-state index in [9.17, 15) is 4.79 Å². The lowest BCUT2D eigenvalue weighted by Gasteiger charge is -2.09. The van der Waals surface area contributed by atoms with Gasteiger partial charge in [-0.3, -0.25) is 4.79 Å². The Morgan fingerprint density at radius 3 is 2.75 bits per heavy atom. The van der Waals surface area contributed by atoms with Crippen LogP contribution >= 0.6 is 35.0 Å². The summed E-state index contributed by atoms with van der Waals surface area (Å²) in [6.07, 6.45) is 0. The van der Waals surface area contributed by atoms with Crippen LogP contribution < -0.4 is 16.6 Å². The number of hydrogen-bond acceptors (Lipinski definition) is 6. The molecule has 2 heterocycles. The quantitative estimate of drug-likeness (QED) is 0.745. The zero-order chi connectivity index (χ0) is 14.7. The topological polar surface area (TPSA) is 96.7 Å². The molecule has 0 aliphatic rings. The molecule has 20 heavy (non-hydrogen) atoms. The van der Waals surface area contributed by atoms with Gasteiger partial charge in [0.05, 0.1) is 10.0 Å². The lowest BCUT2D eigenvalue weighted by Crippen LogP contribution is -2.09. The fourth-order valence-corrected chi connectivity index (χ4v) is 2.73. The molecule has 0 unspecified atom stereocenters. The van der Waals surface area contributed by atoms with Crippen LogP contribution in [0, 0.1) is 0 Å². The highest BCUT2D eigenvalue weighted by molar-refractivity contribution is 7.99. The molecule has 0 spiro atoms. The van der Waals surface area contributed by atoms with Gasteiger partial charge in [0, 0.05) is 12.6 Å². The fraction of sp³-hybridized carbons (Fsp3) is 0.182. The highest BCUT2D eigenvalue weighted by Gasteiger charge is 2.12. The first-order valence-corrected chi connectivity index (χ1v) is 7.21. The number of nitrogens with two attached hydrogens (primary N) is 1. The predicted molar refractivity (Wildman–Crippen MR) is 81.8 cm³/mol. The van der Waals surface area contributed by atoms with Gasteiger partial charge in [-0.15, -0.1) is 0 Å². The van der Waals surface area contributed by atoms with Crippen molar-refractivity contribution in [2.24, 2.45) is 0 Å². The number of aromatic nitrogens is 3. The van der Waals surface area contributed by atoms with Crippen molar-refractivity contribution in [1.29, 1.82) is 0 Å². The summed E-state index contributed by atoms with van der Waals surface area (Å²) in [5, 5.41) is 4.60. The number of hydrogen-bond donors (Lipinski definition) is 3. The average Bonchev–Trinajstić information content (AvgIpc) is 2.34. The van der Waals surface area contributed by atoms with Gasteiger partial charge in [-0.2, -0.15) is 0 Å². The third-order valence-electron chi connectivity index (χ3n) is 2.17. The first-order valence-electron chi connectivity index (χ1n) is 5.64. The Labute approximate surface area is 129 Å². The minimum atomic E-state index is -0.336. The summed E-state index contributed by atoms with van der Waals surface area (Å²) < 4.78 is 0. The van der Waals surface area contributed by atoms with Crippen molar-refractivity contribution >= 4 is 46.6 Å². The zero-order valence-electron chi connectivity index (χ0n) is 10.4. The molecular formula is C11H11Cl2N5OS. The predicted octanol–water partition coefficient (Wildman–Crippen LogP) is 2.64. The number of nitrogens with one attached hydrogen (secondary N) is 2. The minimum absolute atomic E-state index is 0.133. The van der Waals surface area contributed by atoms with Gasteiger partial charge in [-0.05, 0) is 24.8 Å². The summed E-state index contributed by atoms with van der Waals surface area (Å²) in [4.78, 5) is 22.2. The van der Waals surface area contributed by atoms with E-state index in [2.05, 4.69) is 20.3 Å². The second-order valence-corrected chi connectivity index (χ2v) is 5.51. The molecule has 6 nitrogen and oxygen atoms in total. The van der Waals surface area contributed by atoms with Crippen LogP contribution in [0.15, 0.2) is 27.1 Å². The van der Waals surface area contributed by atoms with Gasteiger partial charge in [0.25, 0.3) is 5.56 Å². The molecule has 106 valence electrons. The molecular weight excluding hydrogens is 321 g/mol. The Bertz CT molecular complexity index is 691. The van der Waals surface area contributed by atoms with Crippen LogP contribution in [0.2, 0.25) is 10.0 Å². The molecule has 0 aromatic carbocycles. The molecule has 9 heteroatoms. The van der Waals surface area contributed by atoms with Crippen LogP contribution in [0.3, 0.4) is 0 Å². The van der Waals surface area contributed by atoms with E-state index in [1.165, 1.54) is 6.07 Å². The standard InChI is InChI=1S/C11H11Cl2N5OS/c1-2-15-9-5(12)3-6(13)10(18-9)20-11-16-7(14)4-8(19)17-11/h3-4H,2H2,1H3,(H,15,18)(H3,14,16,17,19). The lowest BCUT2D eigenvalue weighted by atomic mass is 10.4. The van der Waals surface area contributed by atoms with Crippen LogP contribution in [0.1, 0.15) is 6.92 Å². The number of H-pyrrole nitrogens is 1. The summed E-state index contributed by atoms with van der Waals surface area (Å²) >= 11 is 13.2. The molecule has 2 rings (SSSR count). The van der Waals surface area contributed by atoms with E-state index in [1.807, 2.05) is 6.92 Å². The van der Waals surface area contributed by atoms with E-state index in [0.717, 1.165) is 11.8 Å². The van der Waals surface area contributed by atoms with E-state index in [1.54, 1.807) is 6.07 Å². The molecule has 0 aliphatic carbocycles. The maximum Gasteiger partial charge on any atom is 0.253 e. The first kappa shape index (κ1) is 15.0. The number of halogens is 2. The van der Waals surface area contributed by atoms with Crippen molar-refractivity contribution in [3.63, 3.8) is 0 Å². The van der Waals surface area contributed by atoms with Gasteiger partial charge in [0.2, 0.25) is 0 Å². The minimum Gasteiger partial charge on any atom is -0.383 e. The smallest absolute Gasteiger partial charge is 0.253 e. The Balaban J connectivity index is 2.37. The molecule has 0 fully saturated rings. The molecule has 2 aromatic heterocycles. The second kappa shape index (κ2) is 6.34. The fourth-order valence-electron chi connectivity index (χ4n) is 1.41. The van der Waals surface area contributed by atoms with Gasteiger partial charge in [-0.25, -0.2) is 9.97 Å². The molecule has 0 amide bonds. The number of nitrogen functional groups attached to an aromatic ring is 1. The Kier molecular flexibility index (Phi) is 4.74. The molecule has 0 saturated heterocycles. The van der Waals surface area contributed by atoms with E-state index in [0.29, 0.717) is 32.6 Å². The first-order chi connectivity index (χ1) is 9.49. The number of aromatic amines is 1. The molecule has 2 aromatic rings. The van der Waals surface area contributed by atoms with E-state index in [-0.39, 0.29) is 11.4 Å². The highest BCUT2D eigenvalue weighted by Crippen LogP contribution is 2.34. The van der Waals surface area contributed by atoms with Crippen LogP contribution in [0.25, 0.3) is 0 Å². The SMILES string of the molecule is CCNc1nc(Sc2nc(N)cc(=O)[nH]2)c(Cl)cc1Cl. The maximum atomic E-state index is 11.3. The van der Waals surface area contributed by atoms with Crippen LogP contribution in [0.5, 0.6) is 0 Å². The van der Waals surface area contributed by atoms with Crippen LogP contribution in [-0.4, -0.2) is 21.5 Å². The Morgan fingerprint density at radius 2 is 2.10 bits per heavy atom. The highest BCUT2D eigenvalue weighted by atomic mass is 35.5. The van der Waals surface area contributed by atoms with Crippen molar-refractivity contribution in [2.75, 3.05) is 17.6 Å². The number of nitrogens with zero attached hydrogens (tertiary/aromatic N) is 2. The summed E-state index contributed by atoms with van der Waals surface area (Å²) in [5.74, 6) is 0.653. The van der Waals surface area contributed by atoms with Crippen molar-refractivity contribution in [3.8, 4) is 0 Å². The molecule has 0 bridgehead atoms. The third-order valence-corrected chi connectivity index (χ3v) is 3.75. The van der Waals surface area contributed by atoms with Gasteiger partial charge >= 0.3 is 0 Å². The van der Waals surface area contributed by atoms with Gasteiger partial charge in [0.1, 0.15) is 16.7 Å². The molecule has 0 saturated carbocycles. The molecule has 0 atom stereocenters. The molecule has 0 radical (unpaired) electrons. The van der Waals surface area contributed by atoms with Crippen molar-refractivity contribution in [3.05, 3.63) is 32.5 Å². The lowest BCUT2D eigenvalue weighted by molar-refractivity contribution is 0.940. The van der Waals surface area contributed by atoms with E-state index >= 15 is 0 Å². The van der Waals surface area contributed by atoms with Gasteiger partial charge in [-0.1, -0.05) is 23.2 Å². The zero-order valence-corrected chi connectivity index (χ0v) is 12.7. The largest absolute Gasteiger partial charge is 0.383 e. The van der Waals surface area contributed by atoms with E-state index in [4.69, 9.17) is 28.9 Å². The number of pyridine rings is 1. The van der Waals surface area contributed by atoms with Crippen molar-refractivity contribution < 1.29 is 0 Å². The maximum absolute atomic E-state index is 11.3. The summed E-state index contributed by atoms with van der Waals surface area (Å²) in [7, 11) is 0. The summed E-state index contributed by atoms with van der Waals surface area (Å²) in [6.45, 7) is 2.60. The normalized spacial score (nSPS) is 10.6. The number of anilines is 2. The second-order valence-electron chi connectivity index (χ2n) is 3.71. The van der Waals surface area contributed by atoms with Crippen molar-refractivity contribution in [1.82, 2.24) is 15.0 Å².